The van der Waals surface area contributed by atoms with Crippen molar-refractivity contribution < 1.29 is 0 Å². The number of hydrogen-bond acceptors (Lipinski definition) is 2. The lowest BCUT2D eigenvalue weighted by molar-refractivity contribution is 1.25. The molecule has 0 atom stereocenters. The number of hydrogen-bond donors (Lipinski definition) is 0. The Morgan fingerprint density at radius 2 is 0.600 bits per heavy atom. The van der Waals surface area contributed by atoms with Crippen LogP contribution in [-0.4, -0.2) is 8.07 Å². The van der Waals surface area contributed by atoms with E-state index in [0.717, 1.165) is 78.6 Å². The molecule has 0 radical (unpaired) electrons. The van der Waals surface area contributed by atoms with Gasteiger partial charge in [0, 0.05) is 33.6 Å². The Morgan fingerprint density at radius 1 is 0.308 bits per heavy atom. The molecule has 0 unspecified atom stereocenters. The third-order valence-corrected chi connectivity index (χ3v) is 17.8. The summed E-state index contributed by atoms with van der Waals surface area (Å²) in [6.07, 6.45) is 0. The molecule has 2 nitrogen and oxygen atoms in total. The van der Waals surface area contributed by atoms with E-state index in [0.29, 0.717) is 5.02 Å². The van der Waals surface area contributed by atoms with E-state index < -0.39 is 8.07 Å². The largest absolute Gasteiger partial charge is 0.308 e. The Balaban J connectivity index is 1.30. The summed E-state index contributed by atoms with van der Waals surface area (Å²) in [6, 6.07) is 92.5. The van der Waals surface area contributed by atoms with Crippen molar-refractivity contribution >= 4 is 69.4 Å². The van der Waals surface area contributed by atoms with Crippen molar-refractivity contribution in [2.24, 2.45) is 0 Å². The molecule has 0 aromatic heterocycles. The topological polar surface area (TPSA) is 6.48 Å². The van der Waals surface area contributed by atoms with E-state index in [2.05, 4.69) is 271 Å². The first-order valence-corrected chi connectivity index (χ1v) is 25.1. The van der Waals surface area contributed by atoms with Crippen molar-refractivity contribution in [2.45, 2.75) is 6.55 Å². The molecule has 10 aromatic carbocycles. The van der Waals surface area contributed by atoms with Crippen LogP contribution in [0.4, 0.5) is 34.1 Å². The van der Waals surface area contributed by atoms with Gasteiger partial charge >= 0.3 is 0 Å². The lowest BCUT2D eigenvalue weighted by Gasteiger charge is -2.37. The molecule has 0 aliphatic carbocycles. The first kappa shape index (κ1) is 40.1. The summed E-state index contributed by atoms with van der Waals surface area (Å²) in [6.45, 7) is 2.51. The molecule has 0 N–H and O–H groups in total. The van der Waals surface area contributed by atoms with Gasteiger partial charge in [0.15, 0.2) is 0 Å². The summed E-state index contributed by atoms with van der Waals surface area (Å²) in [4.78, 5) is 4.85. The second kappa shape index (κ2) is 17.1. The lowest BCUT2D eigenvalue weighted by Crippen LogP contribution is -2.64. The normalized spacial score (nSPS) is 12.8. The van der Waals surface area contributed by atoms with Gasteiger partial charge in [-0.05, 0) is 74.2 Å². The van der Waals surface area contributed by atoms with Crippen LogP contribution in [0, 0.1) is 0 Å². The van der Waals surface area contributed by atoms with Crippen molar-refractivity contribution in [3.8, 4) is 44.5 Å². The van der Waals surface area contributed by atoms with Crippen LogP contribution in [0.25, 0.3) is 44.5 Å². The van der Waals surface area contributed by atoms with Crippen molar-refractivity contribution in [1.82, 2.24) is 0 Å². The molecule has 6 bridgehead atoms. The highest BCUT2D eigenvalue weighted by Gasteiger charge is 2.37. The first-order chi connectivity index (χ1) is 32.1. The number of benzene rings is 10. The maximum atomic E-state index is 8.22. The average Bonchev–Trinajstić information content (AvgIpc) is 3.38. The highest BCUT2D eigenvalue weighted by atomic mass is 35.5. The monoisotopic (exact) mass is 868 g/mol. The number of para-hydroxylation sites is 2. The zero-order chi connectivity index (χ0) is 43.7. The zero-order valence-corrected chi connectivity index (χ0v) is 37.8. The maximum absolute atomic E-state index is 8.22. The van der Waals surface area contributed by atoms with Gasteiger partial charge in [-0.3, -0.25) is 0 Å². The fourth-order valence-corrected chi connectivity index (χ4v) is 13.7. The Bertz CT molecular complexity index is 2970. The molecule has 0 amide bonds. The Hall–Kier alpha value is -7.69. The van der Waals surface area contributed by atoms with Crippen LogP contribution < -0.4 is 25.4 Å². The van der Waals surface area contributed by atoms with E-state index in [-0.39, 0.29) is 0 Å². The summed E-state index contributed by atoms with van der Waals surface area (Å²) in [7, 11) is -2.73. The predicted octanol–water partition coefficient (Wildman–Crippen LogP) is 15.4. The number of fused-ring (bicyclic) bond motifs is 6. The minimum atomic E-state index is -2.73. The van der Waals surface area contributed by atoms with Crippen LogP contribution in [0.3, 0.4) is 0 Å². The van der Waals surface area contributed by atoms with E-state index in [1.54, 1.807) is 0 Å². The maximum Gasteiger partial charge on any atom is 0.145 e. The van der Waals surface area contributed by atoms with Crippen molar-refractivity contribution in [1.29, 1.82) is 0 Å². The minimum absolute atomic E-state index is 0.635. The van der Waals surface area contributed by atoms with Gasteiger partial charge in [-0.15, -0.1) is 0 Å². The van der Waals surface area contributed by atoms with Gasteiger partial charge in [-0.1, -0.05) is 237 Å². The van der Waals surface area contributed by atoms with Crippen LogP contribution in [0.15, 0.2) is 255 Å². The van der Waals surface area contributed by atoms with Gasteiger partial charge in [0.1, 0.15) is 8.07 Å². The van der Waals surface area contributed by atoms with E-state index in [9.17, 15) is 0 Å². The van der Waals surface area contributed by atoms with Gasteiger partial charge in [-0.25, -0.2) is 0 Å². The van der Waals surface area contributed by atoms with E-state index in [1.807, 2.05) is 0 Å². The molecule has 1 aliphatic heterocycles. The zero-order valence-electron chi connectivity index (χ0n) is 36.0. The van der Waals surface area contributed by atoms with Crippen molar-refractivity contribution in [2.75, 3.05) is 9.80 Å². The second-order valence-corrected chi connectivity index (χ2v) is 21.1. The molecule has 0 saturated carbocycles. The summed E-state index contributed by atoms with van der Waals surface area (Å²) in [5.41, 5.74) is 14.9. The quantitative estimate of drug-likeness (QED) is 0.147. The lowest BCUT2D eigenvalue weighted by atomic mass is 9.93. The molecule has 65 heavy (non-hydrogen) atoms. The third-order valence-electron chi connectivity index (χ3n) is 13.0. The van der Waals surface area contributed by atoms with E-state index >= 15 is 0 Å². The van der Waals surface area contributed by atoms with E-state index in [4.69, 9.17) is 11.6 Å². The van der Waals surface area contributed by atoms with Crippen LogP contribution in [0.1, 0.15) is 0 Å². The van der Waals surface area contributed by atoms with Crippen LogP contribution in [0.2, 0.25) is 11.6 Å². The summed E-state index contributed by atoms with van der Waals surface area (Å²) < 4.78 is 0. The third kappa shape index (κ3) is 7.16. The predicted molar refractivity (Wildman–Crippen MR) is 280 cm³/mol. The molecule has 0 spiro atoms. The average molecular weight is 870 g/mol. The molecule has 1 heterocycles. The first-order valence-electron chi connectivity index (χ1n) is 22.2. The molecule has 1 aliphatic rings. The van der Waals surface area contributed by atoms with E-state index in [1.165, 1.54) is 15.6 Å². The molecule has 4 heteroatoms. The molecule has 310 valence electrons. The van der Waals surface area contributed by atoms with Gasteiger partial charge < -0.3 is 9.80 Å². The SMILES string of the molecule is C[Si]1(c2ccccc2)c2cccc(c2)N(c2c(-c3ccccc3)cccc2-c2ccccc2)c2cccc(c2Cl)N(c2c(-c3ccccc3)cccc2-c2ccccc2)c2cccc1c2. The fourth-order valence-electron chi connectivity index (χ4n) is 9.79. The summed E-state index contributed by atoms with van der Waals surface area (Å²) in [5.74, 6) is 0. The van der Waals surface area contributed by atoms with Crippen molar-refractivity contribution in [3.05, 3.63) is 260 Å². The Morgan fingerprint density at radius 3 is 0.954 bits per heavy atom. The minimum Gasteiger partial charge on any atom is -0.308 e. The second-order valence-electron chi connectivity index (χ2n) is 16.7. The molecule has 11 rings (SSSR count). The highest BCUT2D eigenvalue weighted by Crippen LogP contribution is 2.53. The molecule has 0 fully saturated rings. The highest BCUT2D eigenvalue weighted by molar-refractivity contribution is 7.10. The number of halogens is 1. The van der Waals surface area contributed by atoms with Gasteiger partial charge in [-0.2, -0.15) is 0 Å². The molecular weight excluding hydrogens is 824 g/mol. The standard InChI is InChI=1S/C61H45ClN2Si/c1-65(50-32-15-6-16-33-50)51-34-17-30-48(42-51)63(60-53(44-22-7-2-8-23-44)36-19-37-54(60)45-24-9-3-10-25-45)57-40-21-41-58(59(57)62)64(49-31-18-35-52(65)43-49)61-55(46-26-11-4-12-27-46)38-20-39-56(61)47-28-13-5-14-29-47/h2-43H,1H3. The smallest absolute Gasteiger partial charge is 0.145 e. The summed E-state index contributed by atoms with van der Waals surface area (Å²) in [5, 5.41) is 4.58. The number of rotatable bonds is 7. The van der Waals surface area contributed by atoms with Crippen LogP contribution >= 0.6 is 11.6 Å². The molecular formula is C61H45ClN2Si. The van der Waals surface area contributed by atoms with Crippen LogP contribution in [-0.2, 0) is 0 Å². The fraction of sp³-hybridized carbons (Fsp3) is 0.0164. The van der Waals surface area contributed by atoms with Gasteiger partial charge in [0.2, 0.25) is 0 Å². The van der Waals surface area contributed by atoms with Gasteiger partial charge in [0.05, 0.1) is 27.8 Å². The summed E-state index contributed by atoms with van der Waals surface area (Å²) >= 11 is 8.22. The van der Waals surface area contributed by atoms with Crippen molar-refractivity contribution in [3.63, 3.8) is 0 Å². The molecule has 10 aromatic rings. The Kier molecular flexibility index (Phi) is 10.6. The number of nitrogens with zero attached hydrogens (tertiary/aromatic N) is 2. The molecule has 0 saturated heterocycles. The Labute approximate surface area is 388 Å². The van der Waals surface area contributed by atoms with Gasteiger partial charge in [0.25, 0.3) is 0 Å². The van der Waals surface area contributed by atoms with Crippen LogP contribution in [0.5, 0.6) is 0 Å². The number of anilines is 6.